The van der Waals surface area contributed by atoms with Crippen molar-refractivity contribution in [3.05, 3.63) is 36.0 Å². The van der Waals surface area contributed by atoms with Crippen LogP contribution in [0.25, 0.3) is 0 Å². The fourth-order valence-corrected chi connectivity index (χ4v) is 2.65. The van der Waals surface area contributed by atoms with Gasteiger partial charge in [0.25, 0.3) is 0 Å². The average Bonchev–Trinajstić information content (AvgIpc) is 2.94. The Labute approximate surface area is 129 Å². The Morgan fingerprint density at radius 1 is 1.45 bits per heavy atom. The number of nitrogens with zero attached hydrogens (tertiary/aromatic N) is 5. The highest BCUT2D eigenvalue weighted by Crippen LogP contribution is 2.15. The van der Waals surface area contributed by atoms with E-state index < -0.39 is 0 Å². The van der Waals surface area contributed by atoms with Crippen LogP contribution in [0.1, 0.15) is 24.6 Å². The van der Waals surface area contributed by atoms with E-state index in [0.29, 0.717) is 13.1 Å². The van der Waals surface area contributed by atoms with E-state index in [2.05, 4.69) is 32.2 Å². The molecule has 1 amide bonds. The molecule has 1 aliphatic rings. The van der Waals surface area contributed by atoms with Crippen molar-refractivity contribution in [1.82, 2.24) is 24.6 Å². The van der Waals surface area contributed by atoms with Crippen molar-refractivity contribution in [2.75, 3.05) is 18.4 Å². The molecule has 0 radical (unpaired) electrons. The molecule has 116 valence electrons. The van der Waals surface area contributed by atoms with Crippen LogP contribution in [0.15, 0.2) is 24.8 Å². The third kappa shape index (κ3) is 3.30. The minimum absolute atomic E-state index is 0.0182. The normalized spacial score (nSPS) is 14.6. The van der Waals surface area contributed by atoms with Gasteiger partial charge in [-0.25, -0.2) is 14.6 Å². The summed E-state index contributed by atoms with van der Waals surface area (Å²) in [7, 11) is 0. The number of fused-ring (bicyclic) bond motifs is 1. The number of anilines is 1. The summed E-state index contributed by atoms with van der Waals surface area (Å²) >= 11 is 0. The fourth-order valence-electron chi connectivity index (χ4n) is 2.65. The quantitative estimate of drug-likeness (QED) is 0.894. The number of carbonyl (C=O) groups excluding carboxylic acids is 1. The van der Waals surface area contributed by atoms with Gasteiger partial charge in [-0.05, 0) is 18.4 Å². The number of carbonyl (C=O) groups is 1. The van der Waals surface area contributed by atoms with E-state index in [1.54, 1.807) is 12.5 Å². The summed E-state index contributed by atoms with van der Waals surface area (Å²) in [4.78, 5) is 22.7. The lowest BCUT2D eigenvalue weighted by molar-refractivity contribution is -0.117. The Bertz CT molecular complexity index is 653. The van der Waals surface area contributed by atoms with Gasteiger partial charge >= 0.3 is 0 Å². The van der Waals surface area contributed by atoms with E-state index in [1.807, 2.05) is 16.9 Å². The maximum atomic E-state index is 12.2. The van der Waals surface area contributed by atoms with Crippen molar-refractivity contribution in [3.63, 3.8) is 0 Å². The Kier molecular flexibility index (Phi) is 4.43. The monoisotopic (exact) mass is 300 g/mol. The van der Waals surface area contributed by atoms with E-state index in [1.165, 1.54) is 5.56 Å². The van der Waals surface area contributed by atoms with E-state index >= 15 is 0 Å². The van der Waals surface area contributed by atoms with Crippen LogP contribution in [0.4, 0.5) is 5.82 Å². The van der Waals surface area contributed by atoms with Crippen LogP contribution in [0, 0.1) is 0 Å². The van der Waals surface area contributed by atoms with Crippen molar-refractivity contribution in [1.29, 1.82) is 0 Å². The lowest BCUT2D eigenvalue weighted by atomic mass is 10.1. The molecule has 7 nitrogen and oxygen atoms in total. The van der Waals surface area contributed by atoms with Gasteiger partial charge in [-0.15, -0.1) is 0 Å². The zero-order chi connectivity index (χ0) is 15.4. The van der Waals surface area contributed by atoms with Crippen LogP contribution in [0.3, 0.4) is 0 Å². The molecule has 7 heteroatoms. The Balaban J connectivity index is 1.57. The fraction of sp³-hybridized carbons (Fsp3) is 0.467. The molecule has 0 aliphatic carbocycles. The van der Waals surface area contributed by atoms with Gasteiger partial charge in [-0.3, -0.25) is 9.69 Å². The van der Waals surface area contributed by atoms with Gasteiger partial charge in [-0.2, -0.15) is 5.10 Å². The molecule has 3 heterocycles. The van der Waals surface area contributed by atoms with Gasteiger partial charge in [-0.1, -0.05) is 6.92 Å². The molecule has 22 heavy (non-hydrogen) atoms. The predicted octanol–water partition coefficient (Wildman–Crippen LogP) is 1.08. The van der Waals surface area contributed by atoms with Gasteiger partial charge in [0.05, 0.1) is 18.4 Å². The second-order valence-electron chi connectivity index (χ2n) is 5.44. The van der Waals surface area contributed by atoms with Gasteiger partial charge in [0.1, 0.15) is 12.1 Å². The maximum absolute atomic E-state index is 12.2. The molecule has 0 bridgehead atoms. The first-order chi connectivity index (χ1) is 10.8. The van der Waals surface area contributed by atoms with Crippen LogP contribution in [0.2, 0.25) is 0 Å². The lowest BCUT2D eigenvalue weighted by Gasteiger charge is -2.26. The third-order valence-corrected chi connectivity index (χ3v) is 3.74. The summed E-state index contributed by atoms with van der Waals surface area (Å²) in [6.45, 7) is 4.79. The number of nitrogens with one attached hydrogen (secondary N) is 1. The summed E-state index contributed by atoms with van der Waals surface area (Å²) in [5.74, 6) is 0.738. The zero-order valence-corrected chi connectivity index (χ0v) is 12.7. The molecular weight excluding hydrogens is 280 g/mol. The maximum Gasteiger partial charge on any atom is 0.239 e. The van der Waals surface area contributed by atoms with Crippen LogP contribution in [0.5, 0.6) is 0 Å². The minimum atomic E-state index is -0.0182. The number of amides is 1. The first-order valence-electron chi connectivity index (χ1n) is 7.58. The third-order valence-electron chi connectivity index (χ3n) is 3.74. The molecule has 1 aliphatic heterocycles. The summed E-state index contributed by atoms with van der Waals surface area (Å²) in [6.07, 6.45) is 7.00. The first-order valence-corrected chi connectivity index (χ1v) is 7.58. The molecule has 0 atom stereocenters. The van der Waals surface area contributed by atoms with Crippen LogP contribution in [-0.2, 0) is 24.3 Å². The van der Waals surface area contributed by atoms with Gasteiger partial charge in [0.15, 0.2) is 0 Å². The average molecular weight is 300 g/mol. The summed E-state index contributed by atoms with van der Waals surface area (Å²) in [5.41, 5.74) is 2.20. The van der Waals surface area contributed by atoms with Gasteiger partial charge in [0.2, 0.25) is 5.91 Å². The molecule has 0 saturated heterocycles. The van der Waals surface area contributed by atoms with Crippen LogP contribution in [-0.4, -0.2) is 43.6 Å². The largest absolute Gasteiger partial charge is 0.310 e. The van der Waals surface area contributed by atoms with E-state index in [0.717, 1.165) is 37.4 Å². The molecule has 1 N–H and O–H groups in total. The number of aromatic nitrogens is 4. The summed E-state index contributed by atoms with van der Waals surface area (Å²) in [5, 5.41) is 7.14. The zero-order valence-electron chi connectivity index (χ0n) is 12.7. The first kappa shape index (κ1) is 14.6. The van der Waals surface area contributed by atoms with Gasteiger partial charge < -0.3 is 5.32 Å². The van der Waals surface area contributed by atoms with E-state index in [4.69, 9.17) is 0 Å². The number of rotatable bonds is 5. The van der Waals surface area contributed by atoms with Crippen molar-refractivity contribution in [3.8, 4) is 0 Å². The molecule has 0 spiro atoms. The van der Waals surface area contributed by atoms with Crippen molar-refractivity contribution >= 4 is 11.7 Å². The topological polar surface area (TPSA) is 75.9 Å². The summed E-state index contributed by atoms with van der Waals surface area (Å²) < 4.78 is 1.82. The molecule has 2 aromatic rings. The van der Waals surface area contributed by atoms with Crippen molar-refractivity contribution in [2.45, 2.75) is 32.9 Å². The molecule has 0 unspecified atom stereocenters. The highest BCUT2D eigenvalue weighted by molar-refractivity contribution is 5.91. The predicted molar refractivity (Wildman–Crippen MR) is 82.2 cm³/mol. The number of hydrogen-bond acceptors (Lipinski definition) is 5. The van der Waals surface area contributed by atoms with E-state index in [9.17, 15) is 4.79 Å². The Hall–Kier alpha value is -2.28. The second kappa shape index (κ2) is 6.65. The Morgan fingerprint density at radius 3 is 3.23 bits per heavy atom. The van der Waals surface area contributed by atoms with Gasteiger partial charge in [0, 0.05) is 31.9 Å². The highest BCUT2D eigenvalue weighted by Gasteiger charge is 2.19. The Morgan fingerprint density at radius 2 is 2.36 bits per heavy atom. The second-order valence-corrected chi connectivity index (χ2v) is 5.44. The van der Waals surface area contributed by atoms with Crippen molar-refractivity contribution < 1.29 is 4.79 Å². The highest BCUT2D eigenvalue weighted by atomic mass is 16.2. The van der Waals surface area contributed by atoms with Crippen LogP contribution < -0.4 is 5.32 Å². The number of aryl methyl sites for hydroxylation is 1. The molecule has 0 aromatic carbocycles. The standard InChI is InChI=1S/C15H20N6O/c1-2-6-21-14(3-5-18-21)19-15(22)10-20-7-4-12-8-16-11-17-13(12)9-20/h3,5,8,11H,2,4,6-7,9-10H2,1H3,(H,19,22). The molecule has 2 aromatic heterocycles. The van der Waals surface area contributed by atoms with Crippen molar-refractivity contribution in [2.24, 2.45) is 0 Å². The molecular formula is C15H20N6O. The SMILES string of the molecule is CCCn1nccc1NC(=O)CN1CCc2cncnc2C1. The molecule has 0 saturated carbocycles. The smallest absolute Gasteiger partial charge is 0.239 e. The lowest BCUT2D eigenvalue weighted by Crippen LogP contribution is -2.37. The summed E-state index contributed by atoms with van der Waals surface area (Å²) in [6, 6.07) is 1.83. The molecule has 3 rings (SSSR count). The minimum Gasteiger partial charge on any atom is -0.310 e. The number of hydrogen-bond donors (Lipinski definition) is 1. The van der Waals surface area contributed by atoms with Crippen LogP contribution >= 0.6 is 0 Å². The molecule has 0 fully saturated rings. The van der Waals surface area contributed by atoms with E-state index in [-0.39, 0.29) is 5.91 Å².